The molecule has 7 heteroatoms. The highest BCUT2D eigenvalue weighted by Crippen LogP contribution is 2.17. The summed E-state index contributed by atoms with van der Waals surface area (Å²) in [4.78, 5) is 3.87. The number of aromatic nitrogens is 2. The maximum absolute atomic E-state index is 11.0. The average Bonchev–Trinajstić information content (AvgIpc) is 2.47. The molecule has 0 aliphatic carbocycles. The molecule has 1 atom stereocenters. The van der Waals surface area contributed by atoms with E-state index in [1.165, 1.54) is 6.20 Å². The zero-order valence-corrected chi connectivity index (χ0v) is 10.3. The highest BCUT2D eigenvalue weighted by atomic mass is 35.7. The first kappa shape index (κ1) is 12.5. The van der Waals surface area contributed by atoms with Crippen molar-refractivity contribution in [3.05, 3.63) is 12.0 Å². The van der Waals surface area contributed by atoms with Crippen molar-refractivity contribution in [3.8, 4) is 0 Å². The van der Waals surface area contributed by atoms with Crippen LogP contribution in [0.1, 0.15) is 18.8 Å². The third kappa shape index (κ3) is 2.93. The van der Waals surface area contributed by atoms with Gasteiger partial charge in [-0.25, -0.2) is 13.4 Å². The van der Waals surface area contributed by atoms with Crippen molar-refractivity contribution in [1.29, 1.82) is 0 Å². The van der Waals surface area contributed by atoms with Crippen molar-refractivity contribution in [1.82, 2.24) is 9.55 Å². The SMILES string of the molecule is COCC(C)n1cc(S(=O)(=O)Cl)nc1C. The molecular formula is C8H13ClN2O3S. The van der Waals surface area contributed by atoms with E-state index in [2.05, 4.69) is 4.98 Å². The molecule has 0 saturated carbocycles. The second-order valence-corrected chi connectivity index (χ2v) is 5.79. The summed E-state index contributed by atoms with van der Waals surface area (Å²) in [7, 11) is 3.02. The van der Waals surface area contributed by atoms with Gasteiger partial charge in [0.2, 0.25) is 0 Å². The van der Waals surface area contributed by atoms with E-state index in [0.717, 1.165) is 0 Å². The predicted octanol–water partition coefficient (Wildman–Crippen LogP) is 1.33. The number of halogens is 1. The molecule has 0 fully saturated rings. The topological polar surface area (TPSA) is 61.2 Å². The van der Waals surface area contributed by atoms with Gasteiger partial charge in [0, 0.05) is 24.0 Å². The van der Waals surface area contributed by atoms with Gasteiger partial charge in [0.1, 0.15) is 5.82 Å². The van der Waals surface area contributed by atoms with Crippen LogP contribution in [0.4, 0.5) is 0 Å². The fourth-order valence-electron chi connectivity index (χ4n) is 1.34. The molecule has 1 heterocycles. The van der Waals surface area contributed by atoms with Crippen LogP contribution in [0.25, 0.3) is 0 Å². The van der Waals surface area contributed by atoms with E-state index < -0.39 is 9.05 Å². The smallest absolute Gasteiger partial charge is 0.280 e. The zero-order chi connectivity index (χ0) is 11.6. The van der Waals surface area contributed by atoms with Crippen molar-refractivity contribution in [2.75, 3.05) is 13.7 Å². The quantitative estimate of drug-likeness (QED) is 0.759. The van der Waals surface area contributed by atoms with Crippen molar-refractivity contribution >= 4 is 19.7 Å². The molecule has 5 nitrogen and oxygen atoms in total. The Morgan fingerprint density at radius 2 is 2.27 bits per heavy atom. The van der Waals surface area contributed by atoms with Gasteiger partial charge in [-0.05, 0) is 13.8 Å². The second kappa shape index (κ2) is 4.51. The molecule has 0 saturated heterocycles. The highest BCUT2D eigenvalue weighted by Gasteiger charge is 2.18. The summed E-state index contributed by atoms with van der Waals surface area (Å²) in [5.41, 5.74) is 0. The normalized spacial score (nSPS) is 14.1. The number of rotatable bonds is 4. The Kier molecular flexibility index (Phi) is 3.75. The third-order valence-electron chi connectivity index (χ3n) is 2.03. The molecular weight excluding hydrogens is 240 g/mol. The number of imidazole rings is 1. The molecule has 0 spiro atoms. The maximum Gasteiger partial charge on any atom is 0.280 e. The van der Waals surface area contributed by atoms with E-state index >= 15 is 0 Å². The lowest BCUT2D eigenvalue weighted by Crippen LogP contribution is -2.11. The summed E-state index contributed by atoms with van der Waals surface area (Å²) in [6.45, 7) is 4.11. The average molecular weight is 253 g/mol. The van der Waals surface area contributed by atoms with Gasteiger partial charge in [-0.15, -0.1) is 0 Å². The van der Waals surface area contributed by atoms with Crippen LogP contribution in [-0.2, 0) is 13.8 Å². The summed E-state index contributed by atoms with van der Waals surface area (Å²) < 4.78 is 28.8. The van der Waals surface area contributed by atoms with Gasteiger partial charge in [0.05, 0.1) is 12.6 Å². The van der Waals surface area contributed by atoms with Gasteiger partial charge >= 0.3 is 0 Å². The van der Waals surface area contributed by atoms with Gasteiger partial charge in [-0.1, -0.05) is 0 Å². The van der Waals surface area contributed by atoms with E-state index in [4.69, 9.17) is 15.4 Å². The number of hydrogen-bond donors (Lipinski definition) is 0. The lowest BCUT2D eigenvalue weighted by atomic mass is 10.3. The molecule has 0 aliphatic heterocycles. The van der Waals surface area contributed by atoms with E-state index in [0.29, 0.717) is 12.4 Å². The molecule has 0 aromatic carbocycles. The minimum atomic E-state index is -3.75. The van der Waals surface area contributed by atoms with Crippen LogP contribution in [0.2, 0.25) is 0 Å². The Morgan fingerprint density at radius 3 is 2.67 bits per heavy atom. The van der Waals surface area contributed by atoms with Crippen molar-refractivity contribution in [2.24, 2.45) is 0 Å². The minimum absolute atomic E-state index is 0.0228. The van der Waals surface area contributed by atoms with Crippen LogP contribution in [0.15, 0.2) is 11.2 Å². The second-order valence-electron chi connectivity index (χ2n) is 3.28. The van der Waals surface area contributed by atoms with Gasteiger partial charge < -0.3 is 9.30 Å². The molecule has 0 radical (unpaired) electrons. The number of hydrogen-bond acceptors (Lipinski definition) is 4. The summed E-state index contributed by atoms with van der Waals surface area (Å²) >= 11 is 0. The molecule has 86 valence electrons. The predicted molar refractivity (Wildman–Crippen MR) is 56.6 cm³/mol. The summed E-state index contributed by atoms with van der Waals surface area (Å²) in [6.07, 6.45) is 1.42. The lowest BCUT2D eigenvalue weighted by molar-refractivity contribution is 0.161. The first-order chi connectivity index (χ1) is 6.86. The number of methoxy groups -OCH3 is 1. The Hall–Kier alpha value is -0.590. The molecule has 1 rings (SSSR count). The maximum atomic E-state index is 11.0. The fourth-order valence-corrected chi connectivity index (χ4v) is 2.05. The minimum Gasteiger partial charge on any atom is -0.383 e. The van der Waals surface area contributed by atoms with Gasteiger partial charge in [-0.2, -0.15) is 0 Å². The van der Waals surface area contributed by atoms with Crippen LogP contribution < -0.4 is 0 Å². The number of ether oxygens (including phenoxy) is 1. The largest absolute Gasteiger partial charge is 0.383 e. The lowest BCUT2D eigenvalue weighted by Gasteiger charge is -2.13. The molecule has 0 N–H and O–H groups in total. The van der Waals surface area contributed by atoms with E-state index in [9.17, 15) is 8.42 Å². The molecule has 1 aromatic rings. The third-order valence-corrected chi connectivity index (χ3v) is 3.20. The van der Waals surface area contributed by atoms with Crippen molar-refractivity contribution in [2.45, 2.75) is 24.9 Å². The van der Waals surface area contributed by atoms with Crippen molar-refractivity contribution < 1.29 is 13.2 Å². The fraction of sp³-hybridized carbons (Fsp3) is 0.625. The summed E-state index contributed by atoms with van der Waals surface area (Å²) in [5.74, 6) is 0.596. The van der Waals surface area contributed by atoms with E-state index in [1.807, 2.05) is 6.92 Å². The Labute approximate surface area is 93.4 Å². The van der Waals surface area contributed by atoms with E-state index in [-0.39, 0.29) is 11.1 Å². The molecule has 1 unspecified atom stereocenters. The number of aryl methyl sites for hydroxylation is 1. The van der Waals surface area contributed by atoms with Gasteiger partial charge in [-0.3, -0.25) is 0 Å². The number of nitrogens with zero attached hydrogens (tertiary/aromatic N) is 2. The van der Waals surface area contributed by atoms with Crippen LogP contribution in [0.5, 0.6) is 0 Å². The van der Waals surface area contributed by atoms with Crippen LogP contribution in [0, 0.1) is 6.92 Å². The zero-order valence-electron chi connectivity index (χ0n) is 8.77. The van der Waals surface area contributed by atoms with Crippen molar-refractivity contribution in [3.63, 3.8) is 0 Å². The monoisotopic (exact) mass is 252 g/mol. The molecule has 0 amide bonds. The standard InChI is InChI=1S/C8H13ClN2O3S/c1-6(5-14-3)11-4-8(10-7(11)2)15(9,12)13/h4,6H,5H2,1-3H3. The Bertz CT molecular complexity index is 441. The highest BCUT2D eigenvalue weighted by molar-refractivity contribution is 8.13. The molecule has 15 heavy (non-hydrogen) atoms. The molecule has 0 bridgehead atoms. The molecule has 0 aliphatic rings. The van der Waals surface area contributed by atoms with Gasteiger partial charge in [0.15, 0.2) is 5.03 Å². The molecule has 1 aromatic heterocycles. The van der Waals surface area contributed by atoms with Crippen LogP contribution >= 0.6 is 10.7 Å². The summed E-state index contributed by atoms with van der Waals surface area (Å²) in [6, 6.07) is 0.0228. The Morgan fingerprint density at radius 1 is 1.67 bits per heavy atom. The van der Waals surface area contributed by atoms with Crippen LogP contribution in [0.3, 0.4) is 0 Å². The first-order valence-corrected chi connectivity index (χ1v) is 6.66. The first-order valence-electron chi connectivity index (χ1n) is 4.35. The van der Waals surface area contributed by atoms with Gasteiger partial charge in [0.25, 0.3) is 9.05 Å². The summed E-state index contributed by atoms with van der Waals surface area (Å²) in [5, 5.41) is -0.121. The van der Waals surface area contributed by atoms with Crippen LogP contribution in [-0.4, -0.2) is 31.7 Å². The Balaban J connectivity index is 3.07. The van der Waals surface area contributed by atoms with E-state index in [1.54, 1.807) is 18.6 Å².